The van der Waals surface area contributed by atoms with Crippen molar-refractivity contribution in [2.75, 3.05) is 0 Å². The number of rotatable bonds is 4. The topological polar surface area (TPSA) is 38.3 Å². The van der Waals surface area contributed by atoms with Crippen molar-refractivity contribution in [3.05, 3.63) is 52.9 Å². The van der Waals surface area contributed by atoms with Gasteiger partial charge in [0, 0.05) is 11.6 Å². The number of Topliss-reactive ketones (excluding diaryl/α,β-unsaturated/α-hetero) is 1. The predicted molar refractivity (Wildman–Crippen MR) is 79.4 cm³/mol. The molecule has 1 aromatic rings. The molecular formula is C16H13ClF3NO2. The molecule has 23 heavy (non-hydrogen) atoms. The van der Waals surface area contributed by atoms with Crippen molar-refractivity contribution in [3.8, 4) is 0 Å². The normalized spacial score (nSPS) is 21.9. The van der Waals surface area contributed by atoms with Gasteiger partial charge in [-0.2, -0.15) is 13.2 Å². The molecule has 1 fully saturated rings. The van der Waals surface area contributed by atoms with Gasteiger partial charge in [0.15, 0.2) is 12.0 Å². The highest BCUT2D eigenvalue weighted by molar-refractivity contribution is 6.28. The zero-order valence-electron chi connectivity index (χ0n) is 11.9. The van der Waals surface area contributed by atoms with Crippen LogP contribution >= 0.6 is 11.6 Å². The first-order chi connectivity index (χ1) is 10.9. The standard InChI is InChI=1S/C16H13ClF3NO2/c17-7-6-12-14(22)13(15(23-12)21-11-4-5-11)9-2-1-3-10(8-9)16(18,19)20/h1-3,6-8,11-12,21H,4-5H2/b7-6+. The van der Waals surface area contributed by atoms with Crippen LogP contribution in [0.4, 0.5) is 13.2 Å². The van der Waals surface area contributed by atoms with Gasteiger partial charge in [0.25, 0.3) is 0 Å². The Morgan fingerprint density at radius 3 is 2.65 bits per heavy atom. The molecule has 0 spiro atoms. The summed E-state index contributed by atoms with van der Waals surface area (Å²) in [4.78, 5) is 12.5. The van der Waals surface area contributed by atoms with Crippen LogP contribution in [-0.4, -0.2) is 17.9 Å². The van der Waals surface area contributed by atoms with Gasteiger partial charge in [-0.15, -0.1) is 0 Å². The molecule has 1 N–H and O–H groups in total. The Bertz CT molecular complexity index is 693. The van der Waals surface area contributed by atoms with E-state index in [2.05, 4.69) is 5.32 Å². The molecule has 1 atom stereocenters. The first-order valence-electron chi connectivity index (χ1n) is 7.06. The van der Waals surface area contributed by atoms with Crippen molar-refractivity contribution < 1.29 is 22.7 Å². The van der Waals surface area contributed by atoms with E-state index in [1.165, 1.54) is 18.2 Å². The highest BCUT2D eigenvalue weighted by Gasteiger charge is 2.38. The number of halogens is 4. The quantitative estimate of drug-likeness (QED) is 0.902. The van der Waals surface area contributed by atoms with Crippen LogP contribution in [0, 0.1) is 0 Å². The number of hydrogen-bond acceptors (Lipinski definition) is 3. The number of hydrogen-bond donors (Lipinski definition) is 1. The summed E-state index contributed by atoms with van der Waals surface area (Å²) in [5.74, 6) is -0.194. The fraction of sp³-hybridized carbons (Fsp3) is 0.312. The third-order valence-corrected chi connectivity index (χ3v) is 3.76. The lowest BCUT2D eigenvalue weighted by Crippen LogP contribution is -2.18. The summed E-state index contributed by atoms with van der Waals surface area (Å²) in [6.45, 7) is 0. The first kappa shape index (κ1) is 15.9. The third-order valence-electron chi connectivity index (χ3n) is 3.62. The van der Waals surface area contributed by atoms with E-state index in [1.54, 1.807) is 0 Å². The van der Waals surface area contributed by atoms with E-state index in [-0.39, 0.29) is 23.1 Å². The summed E-state index contributed by atoms with van der Waals surface area (Å²) < 4.78 is 44.2. The van der Waals surface area contributed by atoms with E-state index in [9.17, 15) is 18.0 Å². The second kappa shape index (κ2) is 5.92. The molecule has 1 aliphatic heterocycles. The fourth-order valence-electron chi connectivity index (χ4n) is 2.33. The number of benzene rings is 1. The van der Waals surface area contributed by atoms with Gasteiger partial charge in [0.05, 0.1) is 11.1 Å². The van der Waals surface area contributed by atoms with Crippen LogP contribution < -0.4 is 5.32 Å². The van der Waals surface area contributed by atoms with E-state index in [4.69, 9.17) is 16.3 Å². The Balaban J connectivity index is 2.00. The maximum absolute atomic E-state index is 12.9. The summed E-state index contributed by atoms with van der Waals surface area (Å²) in [7, 11) is 0. The van der Waals surface area contributed by atoms with Gasteiger partial charge < -0.3 is 10.1 Å². The zero-order chi connectivity index (χ0) is 16.6. The molecule has 0 radical (unpaired) electrons. The minimum absolute atomic E-state index is 0.128. The highest BCUT2D eigenvalue weighted by atomic mass is 35.5. The molecule has 1 aromatic carbocycles. The number of nitrogens with one attached hydrogen (secondary N) is 1. The summed E-state index contributed by atoms with van der Waals surface area (Å²) in [5.41, 5.74) is 0.658. The minimum atomic E-state index is -4.47. The van der Waals surface area contributed by atoms with E-state index >= 15 is 0 Å². The lowest BCUT2D eigenvalue weighted by atomic mass is 9.98. The van der Waals surface area contributed by atoms with E-state index in [0.717, 1.165) is 30.5 Å². The Labute approximate surface area is 135 Å². The Hall–Kier alpha value is -1.95. The largest absolute Gasteiger partial charge is 0.463 e. The monoisotopic (exact) mass is 343 g/mol. The summed E-state index contributed by atoms with van der Waals surface area (Å²) >= 11 is 5.49. The van der Waals surface area contributed by atoms with Crippen molar-refractivity contribution in [2.24, 2.45) is 0 Å². The van der Waals surface area contributed by atoms with E-state index in [0.29, 0.717) is 0 Å². The summed E-state index contributed by atoms with van der Waals surface area (Å²) in [6, 6.07) is 4.86. The SMILES string of the molecule is O=C1C(c2cccc(C(F)(F)F)c2)=C(NC2CC2)OC1/C=C/Cl. The summed E-state index contributed by atoms with van der Waals surface area (Å²) in [6.07, 6.45) is -2.16. The number of ether oxygens (including phenoxy) is 1. The molecular weight excluding hydrogens is 331 g/mol. The van der Waals surface area contributed by atoms with Crippen LogP contribution in [0.3, 0.4) is 0 Å². The van der Waals surface area contributed by atoms with E-state index in [1.807, 2.05) is 0 Å². The molecule has 0 bridgehead atoms. The highest BCUT2D eigenvalue weighted by Crippen LogP contribution is 2.35. The third kappa shape index (κ3) is 3.37. The number of ketones is 1. The van der Waals surface area contributed by atoms with Crippen molar-refractivity contribution in [1.82, 2.24) is 5.32 Å². The Morgan fingerprint density at radius 2 is 2.04 bits per heavy atom. The first-order valence-corrected chi connectivity index (χ1v) is 7.50. The van der Waals surface area contributed by atoms with Crippen LogP contribution in [0.2, 0.25) is 0 Å². The molecule has 0 aromatic heterocycles. The maximum Gasteiger partial charge on any atom is 0.416 e. The average molecular weight is 344 g/mol. The minimum Gasteiger partial charge on any atom is -0.463 e. The van der Waals surface area contributed by atoms with Gasteiger partial charge in [-0.3, -0.25) is 4.79 Å². The van der Waals surface area contributed by atoms with Gasteiger partial charge in [-0.1, -0.05) is 23.7 Å². The second-order valence-electron chi connectivity index (χ2n) is 5.42. The van der Waals surface area contributed by atoms with Crippen LogP contribution in [-0.2, 0) is 15.7 Å². The molecule has 7 heteroatoms. The van der Waals surface area contributed by atoms with Gasteiger partial charge in [-0.25, -0.2) is 0 Å². The predicted octanol–water partition coefficient (Wildman–Crippen LogP) is 3.85. The molecule has 1 heterocycles. The number of alkyl halides is 3. The molecule has 3 rings (SSSR count). The fourth-order valence-corrected chi connectivity index (χ4v) is 2.46. The van der Waals surface area contributed by atoms with Crippen LogP contribution in [0.25, 0.3) is 5.57 Å². The summed E-state index contributed by atoms with van der Waals surface area (Å²) in [5, 5.41) is 3.06. The molecule has 0 amide bonds. The van der Waals surface area contributed by atoms with Gasteiger partial charge in [0.2, 0.25) is 5.78 Å². The lowest BCUT2D eigenvalue weighted by molar-refractivity contribution is -0.137. The van der Waals surface area contributed by atoms with Crippen molar-refractivity contribution in [3.63, 3.8) is 0 Å². The molecule has 3 nitrogen and oxygen atoms in total. The molecule has 122 valence electrons. The average Bonchev–Trinajstić information content (AvgIpc) is 3.24. The van der Waals surface area contributed by atoms with Crippen molar-refractivity contribution >= 4 is 23.0 Å². The van der Waals surface area contributed by atoms with Crippen LogP contribution in [0.15, 0.2) is 41.8 Å². The molecule has 1 unspecified atom stereocenters. The number of carbonyl (C=O) groups is 1. The molecule has 0 saturated heterocycles. The zero-order valence-corrected chi connectivity index (χ0v) is 12.6. The molecule has 1 saturated carbocycles. The van der Waals surface area contributed by atoms with Crippen molar-refractivity contribution in [2.45, 2.75) is 31.2 Å². The number of carbonyl (C=O) groups excluding carboxylic acids is 1. The van der Waals surface area contributed by atoms with Gasteiger partial charge >= 0.3 is 6.18 Å². The van der Waals surface area contributed by atoms with Crippen LogP contribution in [0.1, 0.15) is 24.0 Å². The van der Waals surface area contributed by atoms with Crippen molar-refractivity contribution in [1.29, 1.82) is 0 Å². The molecule has 1 aliphatic carbocycles. The Kier molecular flexibility index (Phi) is 4.10. The van der Waals surface area contributed by atoms with Crippen LogP contribution in [0.5, 0.6) is 0 Å². The second-order valence-corrected chi connectivity index (χ2v) is 5.67. The van der Waals surface area contributed by atoms with E-state index < -0.39 is 23.6 Å². The molecule has 2 aliphatic rings. The lowest BCUT2D eigenvalue weighted by Gasteiger charge is -2.10. The van der Waals surface area contributed by atoms with Gasteiger partial charge in [-0.05, 0) is 36.6 Å². The Morgan fingerprint density at radius 1 is 1.30 bits per heavy atom. The smallest absolute Gasteiger partial charge is 0.416 e. The maximum atomic E-state index is 12.9. The van der Waals surface area contributed by atoms with Gasteiger partial charge in [0.1, 0.15) is 0 Å².